The smallest absolute Gasteiger partial charge is 0.312 e. The van der Waals surface area contributed by atoms with Crippen LogP contribution in [0.3, 0.4) is 0 Å². The average Bonchev–Trinajstić information content (AvgIpc) is 3.49. The zero-order valence-electron chi connectivity index (χ0n) is 17.1. The van der Waals surface area contributed by atoms with E-state index in [4.69, 9.17) is 9.52 Å². The van der Waals surface area contributed by atoms with Gasteiger partial charge in [-0.2, -0.15) is 5.10 Å². The summed E-state index contributed by atoms with van der Waals surface area (Å²) in [6.07, 6.45) is 1.51. The largest absolute Gasteiger partial charge is 0.417 e. The molecule has 1 aliphatic carbocycles. The molecular weight excluding hydrogens is 420 g/mol. The number of amides is 1. The number of alkyl halides is 2. The average molecular weight is 439 g/mol. The number of carbonyl (C=O) groups is 1. The Hall–Kier alpha value is -3.63. The van der Waals surface area contributed by atoms with Gasteiger partial charge in [0.2, 0.25) is 11.8 Å². The minimum absolute atomic E-state index is 0.0802. The fourth-order valence-electron chi connectivity index (χ4n) is 4.55. The molecule has 32 heavy (non-hydrogen) atoms. The first-order valence-electron chi connectivity index (χ1n) is 10.4. The summed E-state index contributed by atoms with van der Waals surface area (Å²) in [5.74, 6) is -3.83. The second-order valence-corrected chi connectivity index (χ2v) is 8.40. The van der Waals surface area contributed by atoms with Crippen molar-refractivity contribution < 1.29 is 18.0 Å². The minimum atomic E-state index is -2.71. The van der Waals surface area contributed by atoms with Crippen LogP contribution in [-0.4, -0.2) is 53.1 Å². The SMILES string of the molecule is Cc1cccc2cc(C3c4nc[nH]c4CCN3C(=O)c3nnc(C4CC(F)(F)C4)o3)nn12. The van der Waals surface area contributed by atoms with Crippen LogP contribution in [0.4, 0.5) is 8.78 Å². The van der Waals surface area contributed by atoms with Crippen molar-refractivity contribution in [3.8, 4) is 0 Å². The second-order valence-electron chi connectivity index (χ2n) is 8.40. The van der Waals surface area contributed by atoms with Gasteiger partial charge in [0.25, 0.3) is 0 Å². The molecule has 1 unspecified atom stereocenters. The number of carbonyl (C=O) groups excluding carboxylic acids is 1. The van der Waals surface area contributed by atoms with E-state index in [0.717, 1.165) is 16.9 Å². The molecule has 1 fully saturated rings. The van der Waals surface area contributed by atoms with Crippen molar-refractivity contribution in [2.45, 2.75) is 44.1 Å². The Balaban J connectivity index is 1.36. The molecule has 0 spiro atoms. The van der Waals surface area contributed by atoms with Gasteiger partial charge in [0, 0.05) is 43.1 Å². The van der Waals surface area contributed by atoms with Crippen molar-refractivity contribution in [3.05, 3.63) is 65.1 Å². The number of hydrogen-bond acceptors (Lipinski definition) is 6. The predicted octanol–water partition coefficient (Wildman–Crippen LogP) is 3.05. The summed E-state index contributed by atoms with van der Waals surface area (Å²) in [4.78, 5) is 22.6. The summed E-state index contributed by atoms with van der Waals surface area (Å²) in [7, 11) is 0. The maximum absolute atomic E-state index is 13.4. The number of rotatable bonds is 3. The van der Waals surface area contributed by atoms with Crippen molar-refractivity contribution in [1.82, 2.24) is 34.7 Å². The third-order valence-electron chi connectivity index (χ3n) is 6.22. The Morgan fingerprint density at radius 3 is 2.91 bits per heavy atom. The molecule has 5 heterocycles. The predicted molar refractivity (Wildman–Crippen MR) is 106 cm³/mol. The second kappa shape index (κ2) is 6.68. The summed E-state index contributed by atoms with van der Waals surface area (Å²) in [6, 6.07) is 7.24. The van der Waals surface area contributed by atoms with Gasteiger partial charge < -0.3 is 14.3 Å². The van der Waals surface area contributed by atoms with Crippen molar-refractivity contribution in [2.24, 2.45) is 0 Å². The fraction of sp³-hybridized carbons (Fsp3) is 0.381. The van der Waals surface area contributed by atoms with Crippen molar-refractivity contribution in [3.63, 3.8) is 0 Å². The number of aromatic amines is 1. The summed E-state index contributed by atoms with van der Waals surface area (Å²) in [5, 5.41) is 12.5. The van der Waals surface area contributed by atoms with Crippen molar-refractivity contribution in [1.29, 1.82) is 0 Å². The highest BCUT2D eigenvalue weighted by Crippen LogP contribution is 2.47. The molecule has 1 atom stereocenters. The molecule has 0 saturated heterocycles. The van der Waals surface area contributed by atoms with Crippen LogP contribution in [0.2, 0.25) is 0 Å². The molecule has 6 rings (SSSR count). The summed E-state index contributed by atoms with van der Waals surface area (Å²) >= 11 is 0. The Bertz CT molecular complexity index is 1330. The van der Waals surface area contributed by atoms with E-state index in [-0.39, 0.29) is 24.6 Å². The normalized spacial score (nSPS) is 20.3. The number of aryl methyl sites for hydroxylation is 1. The Morgan fingerprint density at radius 1 is 1.28 bits per heavy atom. The lowest BCUT2D eigenvalue weighted by atomic mass is 9.81. The molecule has 0 aromatic carbocycles. The first-order valence-corrected chi connectivity index (χ1v) is 10.4. The molecule has 1 amide bonds. The van der Waals surface area contributed by atoms with E-state index in [0.29, 0.717) is 24.4 Å². The minimum Gasteiger partial charge on any atom is -0.417 e. The fourth-order valence-corrected chi connectivity index (χ4v) is 4.55. The Labute approximate surface area is 180 Å². The number of nitrogens with zero attached hydrogens (tertiary/aromatic N) is 6. The lowest BCUT2D eigenvalue weighted by Gasteiger charge is -2.33. The van der Waals surface area contributed by atoms with Crippen LogP contribution in [0, 0.1) is 6.92 Å². The topological polar surface area (TPSA) is 105 Å². The molecular formula is C21H19F2N7O2. The Kier molecular flexibility index (Phi) is 3.99. The van der Waals surface area contributed by atoms with Gasteiger partial charge in [-0.25, -0.2) is 18.3 Å². The van der Waals surface area contributed by atoms with E-state index in [2.05, 4.69) is 20.2 Å². The maximum atomic E-state index is 13.4. The first kappa shape index (κ1) is 19.1. The van der Waals surface area contributed by atoms with Crippen LogP contribution in [-0.2, 0) is 6.42 Å². The molecule has 1 N–H and O–H groups in total. The summed E-state index contributed by atoms with van der Waals surface area (Å²) < 4.78 is 33.8. The summed E-state index contributed by atoms with van der Waals surface area (Å²) in [6.45, 7) is 2.35. The van der Waals surface area contributed by atoms with Crippen LogP contribution >= 0.6 is 0 Å². The number of halogens is 2. The van der Waals surface area contributed by atoms with Gasteiger partial charge in [-0.3, -0.25) is 4.79 Å². The van der Waals surface area contributed by atoms with Crippen LogP contribution in [0.15, 0.2) is 35.0 Å². The first-order chi connectivity index (χ1) is 15.4. The molecule has 0 radical (unpaired) electrons. The van der Waals surface area contributed by atoms with Crippen LogP contribution in [0.1, 0.15) is 64.2 Å². The van der Waals surface area contributed by atoms with Gasteiger partial charge >= 0.3 is 11.8 Å². The lowest BCUT2D eigenvalue weighted by molar-refractivity contribution is -0.0919. The van der Waals surface area contributed by atoms with E-state index >= 15 is 0 Å². The van der Waals surface area contributed by atoms with Gasteiger partial charge in [0.15, 0.2) is 0 Å². The number of fused-ring (bicyclic) bond motifs is 2. The zero-order chi connectivity index (χ0) is 22.0. The Morgan fingerprint density at radius 2 is 2.12 bits per heavy atom. The van der Waals surface area contributed by atoms with Gasteiger partial charge in [-0.15, -0.1) is 10.2 Å². The van der Waals surface area contributed by atoms with Gasteiger partial charge in [0.05, 0.1) is 23.2 Å². The highest BCUT2D eigenvalue weighted by atomic mass is 19.3. The molecule has 2 aliphatic rings. The standard InChI is InChI=1S/C21H19F2N7O2/c1-11-3-2-4-13-7-15(28-30(11)13)17-16-14(24-10-25-16)5-6-29(17)20(31)19-27-26-18(32-19)12-8-21(22,23)9-12/h2-4,7,10,12,17H,5-6,8-9H2,1H3,(H,24,25). The third-order valence-corrected chi connectivity index (χ3v) is 6.22. The maximum Gasteiger partial charge on any atom is 0.312 e. The van der Waals surface area contributed by atoms with E-state index in [9.17, 15) is 13.6 Å². The van der Waals surface area contributed by atoms with E-state index in [1.54, 1.807) is 11.2 Å². The van der Waals surface area contributed by atoms with Gasteiger partial charge in [-0.1, -0.05) is 6.07 Å². The molecule has 1 aliphatic heterocycles. The van der Waals surface area contributed by atoms with Crippen molar-refractivity contribution in [2.75, 3.05) is 6.54 Å². The third kappa shape index (κ3) is 2.91. The van der Waals surface area contributed by atoms with E-state index < -0.39 is 23.8 Å². The number of hydrogen-bond donors (Lipinski definition) is 1. The molecule has 4 aromatic rings. The van der Waals surface area contributed by atoms with E-state index in [1.807, 2.05) is 35.7 Å². The lowest BCUT2D eigenvalue weighted by Crippen LogP contribution is -2.41. The quantitative estimate of drug-likeness (QED) is 0.526. The van der Waals surface area contributed by atoms with Crippen LogP contribution < -0.4 is 0 Å². The van der Waals surface area contributed by atoms with Crippen molar-refractivity contribution >= 4 is 11.4 Å². The number of H-pyrrole nitrogens is 1. The zero-order valence-corrected chi connectivity index (χ0v) is 17.1. The number of nitrogens with one attached hydrogen (secondary N) is 1. The molecule has 11 heteroatoms. The highest BCUT2D eigenvalue weighted by Gasteiger charge is 2.49. The van der Waals surface area contributed by atoms with E-state index in [1.165, 1.54) is 0 Å². The van der Waals surface area contributed by atoms with Crippen LogP contribution in [0.5, 0.6) is 0 Å². The number of pyridine rings is 1. The highest BCUT2D eigenvalue weighted by molar-refractivity contribution is 5.90. The number of aromatic nitrogens is 6. The monoisotopic (exact) mass is 439 g/mol. The molecule has 164 valence electrons. The number of imidazole rings is 1. The molecule has 9 nitrogen and oxygen atoms in total. The van der Waals surface area contributed by atoms with Gasteiger partial charge in [0.1, 0.15) is 6.04 Å². The molecule has 0 bridgehead atoms. The molecule has 1 saturated carbocycles. The van der Waals surface area contributed by atoms with Gasteiger partial charge in [-0.05, 0) is 25.1 Å². The summed E-state index contributed by atoms with van der Waals surface area (Å²) in [5.41, 5.74) is 4.18. The van der Waals surface area contributed by atoms with Crippen LogP contribution in [0.25, 0.3) is 5.52 Å². The molecule has 4 aromatic heterocycles.